The molecule has 2 rings (SSSR count). The predicted molar refractivity (Wildman–Crippen MR) is 59.7 cm³/mol. The van der Waals surface area contributed by atoms with Crippen molar-refractivity contribution in [1.82, 2.24) is 4.98 Å². The first-order valence-corrected chi connectivity index (χ1v) is 6.13. The van der Waals surface area contributed by atoms with Crippen molar-refractivity contribution < 1.29 is 17.9 Å². The van der Waals surface area contributed by atoms with E-state index in [4.69, 9.17) is 10.00 Å². The second-order valence-corrected chi connectivity index (χ2v) is 4.60. The monoisotopic (exact) mass is 274 g/mol. The summed E-state index contributed by atoms with van der Waals surface area (Å²) >= 11 is 0.850. The summed E-state index contributed by atoms with van der Waals surface area (Å²) in [5.74, 6) is 0. The van der Waals surface area contributed by atoms with E-state index in [-0.39, 0.29) is 10.6 Å². The van der Waals surface area contributed by atoms with Crippen LogP contribution in [0.5, 0.6) is 0 Å². The predicted octanol–water partition coefficient (Wildman–Crippen LogP) is 3.25. The number of nitrogens with zero attached hydrogens (tertiary/aromatic N) is 2. The number of alkyl halides is 3. The molecule has 1 aliphatic rings. The first-order valence-electron chi connectivity index (χ1n) is 5.25. The van der Waals surface area contributed by atoms with E-state index in [1.165, 1.54) is 0 Å². The molecule has 2 heterocycles. The van der Waals surface area contributed by atoms with Gasteiger partial charge in [0.25, 0.3) is 0 Å². The van der Waals surface area contributed by atoms with Crippen LogP contribution in [0.4, 0.5) is 13.2 Å². The average molecular weight is 274 g/mol. The van der Waals surface area contributed by atoms with E-state index in [0.29, 0.717) is 26.1 Å². The number of ether oxygens (including phenoxy) is 1. The zero-order valence-electron chi connectivity index (χ0n) is 9.25. The van der Waals surface area contributed by atoms with Gasteiger partial charge in [0.05, 0.1) is 18.8 Å². The van der Waals surface area contributed by atoms with E-state index in [0.717, 1.165) is 22.3 Å². The molecule has 0 atom stereocenters. The van der Waals surface area contributed by atoms with Crippen molar-refractivity contribution in [3.63, 3.8) is 0 Å². The molecule has 0 spiro atoms. The second-order valence-electron chi connectivity index (χ2n) is 3.74. The van der Waals surface area contributed by atoms with Crippen LogP contribution in [0, 0.1) is 11.3 Å². The molecule has 96 valence electrons. The summed E-state index contributed by atoms with van der Waals surface area (Å²) < 4.78 is 42.5. The average Bonchev–Trinajstić information content (AvgIpc) is 2.81. The Bertz CT molecular complexity index is 505. The largest absolute Gasteiger partial charge is 0.434 e. The minimum Gasteiger partial charge on any atom is -0.381 e. The zero-order chi connectivity index (χ0) is 13.2. The minimum absolute atomic E-state index is 0.140. The highest BCUT2D eigenvalue weighted by molar-refractivity contribution is 7.10. The summed E-state index contributed by atoms with van der Waals surface area (Å²) in [4.78, 5) is 3.50. The topological polar surface area (TPSA) is 45.9 Å². The molecule has 7 heteroatoms. The quantitative estimate of drug-likeness (QED) is 0.738. The summed E-state index contributed by atoms with van der Waals surface area (Å²) in [5.41, 5.74) is 0.147. The molecule has 18 heavy (non-hydrogen) atoms. The molecule has 1 aromatic heterocycles. The van der Waals surface area contributed by atoms with Crippen molar-refractivity contribution in [2.75, 3.05) is 13.2 Å². The van der Waals surface area contributed by atoms with Crippen molar-refractivity contribution in [1.29, 1.82) is 5.26 Å². The number of halogens is 3. The highest BCUT2D eigenvalue weighted by Gasteiger charge is 2.34. The van der Waals surface area contributed by atoms with Crippen molar-refractivity contribution in [2.24, 2.45) is 0 Å². The molecule has 0 amide bonds. The number of aromatic nitrogens is 1. The number of hydrogen-bond acceptors (Lipinski definition) is 4. The van der Waals surface area contributed by atoms with Crippen molar-refractivity contribution >= 4 is 16.9 Å². The summed E-state index contributed by atoms with van der Waals surface area (Å²) in [6, 6.07) is 1.96. The summed E-state index contributed by atoms with van der Waals surface area (Å²) in [7, 11) is 0. The van der Waals surface area contributed by atoms with Gasteiger partial charge in [-0.1, -0.05) is 0 Å². The molecule has 0 unspecified atom stereocenters. The van der Waals surface area contributed by atoms with Gasteiger partial charge in [0.15, 0.2) is 5.69 Å². The van der Waals surface area contributed by atoms with Crippen LogP contribution in [-0.4, -0.2) is 18.2 Å². The maximum absolute atomic E-state index is 12.4. The molecule has 0 saturated carbocycles. The smallest absolute Gasteiger partial charge is 0.381 e. The lowest BCUT2D eigenvalue weighted by molar-refractivity contribution is -0.140. The Kier molecular flexibility index (Phi) is 3.68. The molecule has 3 nitrogen and oxygen atoms in total. The van der Waals surface area contributed by atoms with Crippen LogP contribution in [0.3, 0.4) is 0 Å². The molecule has 0 aliphatic carbocycles. The number of rotatable bonds is 1. The molecular weight excluding hydrogens is 265 g/mol. The number of thiazole rings is 1. The lowest BCUT2D eigenvalue weighted by Crippen LogP contribution is -2.09. The molecule has 1 saturated heterocycles. The van der Waals surface area contributed by atoms with Gasteiger partial charge in [-0.25, -0.2) is 4.98 Å². The Morgan fingerprint density at radius 1 is 1.39 bits per heavy atom. The molecule has 0 radical (unpaired) electrons. The van der Waals surface area contributed by atoms with Crippen LogP contribution in [0.2, 0.25) is 0 Å². The first kappa shape index (κ1) is 13.1. The Morgan fingerprint density at radius 3 is 2.56 bits per heavy atom. The summed E-state index contributed by atoms with van der Waals surface area (Å²) in [6.45, 7) is 0.996. The van der Waals surface area contributed by atoms with Gasteiger partial charge in [0, 0.05) is 5.38 Å². The van der Waals surface area contributed by atoms with Crippen molar-refractivity contribution in [3.8, 4) is 6.07 Å². The van der Waals surface area contributed by atoms with Gasteiger partial charge < -0.3 is 4.74 Å². The minimum atomic E-state index is -4.46. The number of hydrogen-bond donors (Lipinski definition) is 0. The standard InChI is InChI=1S/C11H9F3N2OS/c12-11(13,14)9-6-18-10(16-9)8(5-15)7-1-3-17-4-2-7/h6H,1-4H2. The van der Waals surface area contributed by atoms with Crippen LogP contribution >= 0.6 is 11.3 Å². The SMILES string of the molecule is N#CC(=C1CCOCC1)c1nc(C(F)(F)F)cs1. The number of allylic oxidation sites excluding steroid dienone is 1. The van der Waals surface area contributed by atoms with Gasteiger partial charge in [-0.15, -0.1) is 11.3 Å². The van der Waals surface area contributed by atoms with Crippen LogP contribution in [0.25, 0.3) is 5.57 Å². The molecule has 0 bridgehead atoms. The Hall–Kier alpha value is -1.39. The van der Waals surface area contributed by atoms with Crippen LogP contribution in [-0.2, 0) is 10.9 Å². The van der Waals surface area contributed by atoms with Gasteiger partial charge in [0.2, 0.25) is 0 Å². The highest BCUT2D eigenvalue weighted by atomic mass is 32.1. The molecule has 0 N–H and O–H groups in total. The van der Waals surface area contributed by atoms with Crippen molar-refractivity contribution in [3.05, 3.63) is 21.7 Å². The van der Waals surface area contributed by atoms with Gasteiger partial charge in [-0.3, -0.25) is 0 Å². The fourth-order valence-corrected chi connectivity index (χ4v) is 2.53. The molecular formula is C11H9F3N2OS. The van der Waals surface area contributed by atoms with Crippen LogP contribution in [0.15, 0.2) is 11.0 Å². The van der Waals surface area contributed by atoms with Gasteiger partial charge in [-0.05, 0) is 18.4 Å². The summed E-state index contributed by atoms with van der Waals surface area (Å²) in [5, 5.41) is 10.2. The Morgan fingerprint density at radius 2 is 2.06 bits per heavy atom. The van der Waals surface area contributed by atoms with Crippen LogP contribution in [0.1, 0.15) is 23.5 Å². The molecule has 1 aliphatic heterocycles. The third kappa shape index (κ3) is 2.71. The van der Waals surface area contributed by atoms with E-state index in [1.54, 1.807) is 0 Å². The fourth-order valence-electron chi connectivity index (χ4n) is 1.66. The Balaban J connectivity index is 2.34. The molecule has 1 fully saturated rings. The third-order valence-electron chi connectivity index (χ3n) is 2.57. The van der Waals surface area contributed by atoms with E-state index >= 15 is 0 Å². The van der Waals surface area contributed by atoms with Gasteiger partial charge in [-0.2, -0.15) is 18.4 Å². The molecule has 0 aromatic carbocycles. The van der Waals surface area contributed by atoms with E-state index in [1.807, 2.05) is 6.07 Å². The van der Waals surface area contributed by atoms with Crippen molar-refractivity contribution in [2.45, 2.75) is 19.0 Å². The van der Waals surface area contributed by atoms with Gasteiger partial charge in [0.1, 0.15) is 11.1 Å². The van der Waals surface area contributed by atoms with E-state index < -0.39 is 11.9 Å². The maximum atomic E-state index is 12.4. The Labute approximate surface area is 106 Å². The third-order valence-corrected chi connectivity index (χ3v) is 3.43. The second kappa shape index (κ2) is 5.08. The lowest BCUT2D eigenvalue weighted by atomic mass is 10.0. The lowest BCUT2D eigenvalue weighted by Gasteiger charge is -2.15. The zero-order valence-corrected chi connectivity index (χ0v) is 10.1. The van der Waals surface area contributed by atoms with E-state index in [2.05, 4.69) is 4.98 Å². The van der Waals surface area contributed by atoms with Crippen LogP contribution < -0.4 is 0 Å². The highest BCUT2D eigenvalue weighted by Crippen LogP contribution is 2.33. The fraction of sp³-hybridized carbons (Fsp3) is 0.455. The summed E-state index contributed by atoms with van der Waals surface area (Å²) in [6.07, 6.45) is -3.32. The normalized spacial score (nSPS) is 16.4. The maximum Gasteiger partial charge on any atom is 0.434 e. The first-order chi connectivity index (χ1) is 8.52. The number of nitriles is 1. The van der Waals surface area contributed by atoms with Gasteiger partial charge >= 0.3 is 6.18 Å². The molecule has 1 aromatic rings. The van der Waals surface area contributed by atoms with E-state index in [9.17, 15) is 13.2 Å².